The predicted octanol–water partition coefficient (Wildman–Crippen LogP) is 2.13. The molecule has 3 N–H and O–H groups in total. The maximum absolute atomic E-state index is 13.5. The van der Waals surface area contributed by atoms with Crippen LogP contribution >= 0.6 is 0 Å². The molecule has 31 heavy (non-hydrogen) atoms. The van der Waals surface area contributed by atoms with E-state index in [0.717, 1.165) is 12.8 Å². The summed E-state index contributed by atoms with van der Waals surface area (Å²) in [6.45, 7) is 2.00. The van der Waals surface area contributed by atoms with Gasteiger partial charge in [0.05, 0.1) is 4.90 Å². The lowest BCUT2D eigenvalue weighted by Gasteiger charge is -2.07. The zero-order chi connectivity index (χ0) is 22.4. The predicted molar refractivity (Wildman–Crippen MR) is 115 cm³/mol. The Bertz CT molecular complexity index is 1090. The average molecular weight is 446 g/mol. The van der Waals surface area contributed by atoms with Crippen LogP contribution in [0.25, 0.3) is 6.08 Å². The van der Waals surface area contributed by atoms with Gasteiger partial charge in [-0.25, -0.2) is 17.5 Å². The number of carbonyl (C=O) groups is 2. The van der Waals surface area contributed by atoms with Crippen molar-refractivity contribution in [2.75, 3.05) is 13.1 Å². The first kappa shape index (κ1) is 22.6. The third-order valence-electron chi connectivity index (χ3n) is 4.66. The highest BCUT2D eigenvalue weighted by molar-refractivity contribution is 7.89. The van der Waals surface area contributed by atoms with Gasteiger partial charge in [-0.1, -0.05) is 18.2 Å². The summed E-state index contributed by atoms with van der Waals surface area (Å²) in [4.78, 5) is 24.1. The van der Waals surface area contributed by atoms with Crippen molar-refractivity contribution in [1.82, 2.24) is 15.4 Å². The van der Waals surface area contributed by atoms with Gasteiger partial charge in [0.25, 0.3) is 5.91 Å². The molecule has 3 rings (SSSR count). The molecular formula is C22H24FN3O4S. The molecule has 2 aromatic carbocycles. The number of halogens is 1. The molecule has 7 nitrogen and oxygen atoms in total. The molecule has 0 atom stereocenters. The van der Waals surface area contributed by atoms with Gasteiger partial charge in [0, 0.05) is 30.8 Å². The second-order valence-corrected chi connectivity index (χ2v) is 9.02. The molecule has 0 radical (unpaired) electrons. The summed E-state index contributed by atoms with van der Waals surface area (Å²) in [5.41, 5.74) is 1.35. The Kier molecular flexibility index (Phi) is 7.19. The summed E-state index contributed by atoms with van der Waals surface area (Å²) in [5.74, 6) is -1.23. The summed E-state index contributed by atoms with van der Waals surface area (Å²) >= 11 is 0. The van der Waals surface area contributed by atoms with Crippen LogP contribution in [-0.2, 0) is 14.8 Å². The normalized spacial score (nSPS) is 13.9. The monoisotopic (exact) mass is 445 g/mol. The lowest BCUT2D eigenvalue weighted by Crippen LogP contribution is -2.34. The third kappa shape index (κ3) is 6.73. The molecule has 0 spiro atoms. The highest BCUT2D eigenvalue weighted by Crippen LogP contribution is 2.22. The van der Waals surface area contributed by atoms with Crippen LogP contribution in [0, 0.1) is 12.7 Å². The number of benzene rings is 2. The largest absolute Gasteiger partial charge is 0.351 e. The van der Waals surface area contributed by atoms with Gasteiger partial charge >= 0.3 is 0 Å². The third-order valence-corrected chi connectivity index (χ3v) is 6.20. The molecule has 0 saturated heterocycles. The summed E-state index contributed by atoms with van der Waals surface area (Å²) < 4.78 is 40.4. The van der Waals surface area contributed by atoms with Crippen LogP contribution in [-0.4, -0.2) is 39.4 Å². The van der Waals surface area contributed by atoms with Crippen molar-refractivity contribution in [2.24, 2.45) is 0 Å². The molecule has 164 valence electrons. The van der Waals surface area contributed by atoms with Crippen molar-refractivity contribution in [2.45, 2.75) is 30.7 Å². The number of hydrogen-bond acceptors (Lipinski definition) is 4. The van der Waals surface area contributed by atoms with E-state index in [1.54, 1.807) is 25.1 Å². The maximum atomic E-state index is 13.5. The van der Waals surface area contributed by atoms with E-state index in [1.165, 1.54) is 36.4 Å². The standard InChI is InChI=1S/C22H24FN3O4S/c1-15-2-6-17(14-20(15)23)22(28)25-13-12-24-21(27)11-5-16-3-9-19(10-4-16)31(29,30)26-18-7-8-18/h2-6,9-11,14,18,26H,7-8,12-13H2,1H3,(H,24,27)(H,25,28)/b11-5+. The molecule has 9 heteroatoms. The molecule has 0 heterocycles. The Morgan fingerprint density at radius 2 is 1.74 bits per heavy atom. The summed E-state index contributed by atoms with van der Waals surface area (Å²) in [7, 11) is -3.50. The average Bonchev–Trinajstić information content (AvgIpc) is 3.55. The fourth-order valence-corrected chi connectivity index (χ4v) is 3.98. The minimum Gasteiger partial charge on any atom is -0.351 e. The molecule has 0 aromatic heterocycles. The molecule has 1 aliphatic carbocycles. The quantitative estimate of drug-likeness (QED) is 0.406. The Balaban J connectivity index is 1.42. The molecule has 1 aliphatic rings. The van der Waals surface area contributed by atoms with Crippen LogP contribution in [0.5, 0.6) is 0 Å². The molecule has 0 bridgehead atoms. The topological polar surface area (TPSA) is 104 Å². The van der Waals surface area contributed by atoms with Crippen LogP contribution in [0.3, 0.4) is 0 Å². The van der Waals surface area contributed by atoms with Crippen LogP contribution < -0.4 is 15.4 Å². The van der Waals surface area contributed by atoms with E-state index < -0.39 is 21.7 Å². The SMILES string of the molecule is Cc1ccc(C(=O)NCCNC(=O)/C=C/c2ccc(S(=O)(=O)NC3CC3)cc2)cc1F. The Hall–Kier alpha value is -3.04. The summed E-state index contributed by atoms with van der Waals surface area (Å²) in [6.07, 6.45) is 4.61. The Labute approximate surface area is 180 Å². The van der Waals surface area contributed by atoms with Crippen molar-refractivity contribution in [3.63, 3.8) is 0 Å². The van der Waals surface area contributed by atoms with Gasteiger partial charge < -0.3 is 10.6 Å². The van der Waals surface area contributed by atoms with Crippen molar-refractivity contribution < 1.29 is 22.4 Å². The number of carbonyl (C=O) groups excluding carboxylic acids is 2. The summed E-state index contributed by atoms with van der Waals surface area (Å²) in [6, 6.07) is 10.5. The van der Waals surface area contributed by atoms with Gasteiger partial charge in [-0.2, -0.15) is 0 Å². The fourth-order valence-electron chi connectivity index (χ4n) is 2.68. The van der Waals surface area contributed by atoms with E-state index in [1.807, 2.05) is 0 Å². The lowest BCUT2D eigenvalue weighted by atomic mass is 10.1. The van der Waals surface area contributed by atoms with Gasteiger partial charge in [-0.15, -0.1) is 0 Å². The van der Waals surface area contributed by atoms with Gasteiger partial charge in [0.15, 0.2) is 0 Å². The molecule has 0 unspecified atom stereocenters. The van der Waals surface area contributed by atoms with Crippen LogP contribution in [0.15, 0.2) is 53.4 Å². The van der Waals surface area contributed by atoms with E-state index in [9.17, 15) is 22.4 Å². The minimum atomic E-state index is -3.50. The van der Waals surface area contributed by atoms with Crippen molar-refractivity contribution >= 4 is 27.9 Å². The zero-order valence-electron chi connectivity index (χ0n) is 17.0. The Morgan fingerprint density at radius 3 is 2.39 bits per heavy atom. The van der Waals surface area contributed by atoms with E-state index in [-0.39, 0.29) is 35.5 Å². The fraction of sp³-hybridized carbons (Fsp3) is 0.273. The zero-order valence-corrected chi connectivity index (χ0v) is 17.8. The molecule has 0 aliphatic heterocycles. The first-order valence-corrected chi connectivity index (χ1v) is 11.4. The molecular weight excluding hydrogens is 421 g/mol. The highest BCUT2D eigenvalue weighted by atomic mass is 32.2. The van der Waals surface area contributed by atoms with Gasteiger partial charge in [-0.05, 0) is 61.2 Å². The van der Waals surface area contributed by atoms with Crippen LogP contribution in [0.4, 0.5) is 4.39 Å². The van der Waals surface area contributed by atoms with E-state index >= 15 is 0 Å². The molecule has 1 saturated carbocycles. The lowest BCUT2D eigenvalue weighted by molar-refractivity contribution is -0.116. The number of amides is 2. The molecule has 2 aromatic rings. The second kappa shape index (κ2) is 9.84. The van der Waals surface area contributed by atoms with Gasteiger partial charge in [0.2, 0.25) is 15.9 Å². The number of nitrogens with one attached hydrogen (secondary N) is 3. The van der Waals surface area contributed by atoms with Gasteiger partial charge in [-0.3, -0.25) is 9.59 Å². The van der Waals surface area contributed by atoms with E-state index in [4.69, 9.17) is 0 Å². The van der Waals surface area contributed by atoms with Crippen molar-refractivity contribution in [3.05, 3.63) is 71.0 Å². The van der Waals surface area contributed by atoms with E-state index in [2.05, 4.69) is 15.4 Å². The number of rotatable bonds is 9. The highest BCUT2D eigenvalue weighted by Gasteiger charge is 2.27. The number of hydrogen-bond donors (Lipinski definition) is 3. The molecule has 1 fully saturated rings. The minimum absolute atomic E-state index is 0.0381. The van der Waals surface area contributed by atoms with Crippen LogP contribution in [0.1, 0.15) is 34.3 Å². The first-order chi connectivity index (χ1) is 14.7. The molecule has 2 amide bonds. The Morgan fingerprint density at radius 1 is 1.06 bits per heavy atom. The summed E-state index contributed by atoms with van der Waals surface area (Å²) in [5, 5.41) is 5.23. The van der Waals surface area contributed by atoms with Gasteiger partial charge in [0.1, 0.15) is 5.82 Å². The number of sulfonamides is 1. The second-order valence-electron chi connectivity index (χ2n) is 7.31. The van der Waals surface area contributed by atoms with E-state index in [0.29, 0.717) is 11.1 Å². The van der Waals surface area contributed by atoms with Crippen molar-refractivity contribution in [1.29, 1.82) is 0 Å². The maximum Gasteiger partial charge on any atom is 0.251 e. The number of aryl methyl sites for hydroxylation is 1. The first-order valence-electron chi connectivity index (χ1n) is 9.87. The van der Waals surface area contributed by atoms with Crippen molar-refractivity contribution in [3.8, 4) is 0 Å². The smallest absolute Gasteiger partial charge is 0.251 e. The van der Waals surface area contributed by atoms with Crippen LogP contribution in [0.2, 0.25) is 0 Å².